The summed E-state index contributed by atoms with van der Waals surface area (Å²) in [6.45, 7) is 0.213. The van der Waals surface area contributed by atoms with Crippen LogP contribution in [0.15, 0.2) is 17.3 Å². The standard InChI is InChI=1S/C5H8N2O/c6-2-1-3-7-4-5-8/h1-3,5H,4,6H2. The molecule has 3 nitrogen and oxygen atoms in total. The fraction of sp³-hybridized carbons (Fsp3) is 0.200. The van der Waals surface area contributed by atoms with Crippen LogP contribution in [0.2, 0.25) is 0 Å². The smallest absolute Gasteiger partial charge is 0.141 e. The van der Waals surface area contributed by atoms with Crippen LogP contribution >= 0.6 is 0 Å². The summed E-state index contributed by atoms with van der Waals surface area (Å²) >= 11 is 0. The van der Waals surface area contributed by atoms with Gasteiger partial charge in [-0.25, -0.2) is 0 Å². The second-order valence-electron chi connectivity index (χ2n) is 1.07. The van der Waals surface area contributed by atoms with Gasteiger partial charge >= 0.3 is 0 Å². The summed E-state index contributed by atoms with van der Waals surface area (Å²) < 4.78 is 0. The number of hydrogen-bond donors (Lipinski definition) is 1. The fourth-order valence-electron chi connectivity index (χ4n) is 0.214. The largest absolute Gasteiger partial charge is 0.405 e. The highest BCUT2D eigenvalue weighted by molar-refractivity contribution is 5.72. The first-order valence-corrected chi connectivity index (χ1v) is 2.22. The maximum absolute atomic E-state index is 9.60. The Balaban J connectivity index is 3.19. The van der Waals surface area contributed by atoms with Crippen molar-refractivity contribution < 1.29 is 4.79 Å². The zero-order valence-electron chi connectivity index (χ0n) is 4.45. The number of allylic oxidation sites excluding steroid dienone is 1. The van der Waals surface area contributed by atoms with Crippen LogP contribution < -0.4 is 5.73 Å². The van der Waals surface area contributed by atoms with Crippen LogP contribution in [0.4, 0.5) is 0 Å². The Morgan fingerprint density at radius 1 is 1.62 bits per heavy atom. The maximum atomic E-state index is 9.60. The summed E-state index contributed by atoms with van der Waals surface area (Å²) in [6.07, 6.45) is 5.12. The van der Waals surface area contributed by atoms with E-state index in [2.05, 4.69) is 4.99 Å². The monoisotopic (exact) mass is 112 g/mol. The minimum atomic E-state index is 0.213. The van der Waals surface area contributed by atoms with E-state index < -0.39 is 0 Å². The van der Waals surface area contributed by atoms with Crippen molar-refractivity contribution in [2.75, 3.05) is 6.54 Å². The van der Waals surface area contributed by atoms with Crippen molar-refractivity contribution in [1.29, 1.82) is 0 Å². The lowest BCUT2D eigenvalue weighted by molar-refractivity contribution is -0.106. The van der Waals surface area contributed by atoms with Crippen molar-refractivity contribution >= 4 is 12.5 Å². The fourth-order valence-corrected chi connectivity index (χ4v) is 0.214. The molecule has 0 saturated heterocycles. The maximum Gasteiger partial charge on any atom is 0.141 e. The van der Waals surface area contributed by atoms with E-state index in [0.29, 0.717) is 0 Å². The molecule has 0 amide bonds. The van der Waals surface area contributed by atoms with Crippen molar-refractivity contribution in [2.45, 2.75) is 0 Å². The van der Waals surface area contributed by atoms with Gasteiger partial charge in [0.05, 0.1) is 6.54 Å². The SMILES string of the molecule is NC=CC=NCC=O. The Morgan fingerprint density at radius 3 is 2.88 bits per heavy atom. The highest BCUT2D eigenvalue weighted by Crippen LogP contribution is 1.61. The molecule has 0 rings (SSSR count). The molecule has 0 aromatic heterocycles. The van der Waals surface area contributed by atoms with E-state index in [-0.39, 0.29) is 6.54 Å². The summed E-state index contributed by atoms with van der Waals surface area (Å²) in [5.74, 6) is 0. The van der Waals surface area contributed by atoms with Crippen LogP contribution in [0.25, 0.3) is 0 Å². The van der Waals surface area contributed by atoms with Gasteiger partial charge in [0, 0.05) is 6.21 Å². The number of nitrogens with zero attached hydrogens (tertiary/aromatic N) is 1. The molecular formula is C5H8N2O. The van der Waals surface area contributed by atoms with Crippen LogP contribution in [-0.4, -0.2) is 19.0 Å². The molecule has 0 fully saturated rings. The Labute approximate surface area is 47.9 Å². The van der Waals surface area contributed by atoms with Gasteiger partial charge in [0.2, 0.25) is 0 Å². The second-order valence-corrected chi connectivity index (χ2v) is 1.07. The normalized spacial score (nSPS) is 11.0. The molecule has 8 heavy (non-hydrogen) atoms. The van der Waals surface area contributed by atoms with E-state index in [1.807, 2.05) is 0 Å². The van der Waals surface area contributed by atoms with E-state index in [1.165, 1.54) is 12.4 Å². The minimum Gasteiger partial charge on any atom is -0.405 e. The Morgan fingerprint density at radius 2 is 2.38 bits per heavy atom. The molecule has 0 aromatic rings. The first kappa shape index (κ1) is 6.88. The third-order valence-electron chi connectivity index (χ3n) is 0.483. The zero-order chi connectivity index (χ0) is 6.24. The van der Waals surface area contributed by atoms with Crippen molar-refractivity contribution in [1.82, 2.24) is 0 Å². The van der Waals surface area contributed by atoms with Crippen molar-refractivity contribution in [3.63, 3.8) is 0 Å². The van der Waals surface area contributed by atoms with E-state index >= 15 is 0 Å². The lowest BCUT2D eigenvalue weighted by Gasteiger charge is -1.72. The average Bonchev–Trinajstić information content (AvgIpc) is 1.81. The molecule has 44 valence electrons. The summed E-state index contributed by atoms with van der Waals surface area (Å²) in [4.78, 5) is 13.2. The molecule has 0 saturated carbocycles. The Kier molecular flexibility index (Phi) is 5.06. The highest BCUT2D eigenvalue weighted by Gasteiger charge is 1.65. The van der Waals surface area contributed by atoms with Crippen LogP contribution in [0, 0.1) is 0 Å². The molecule has 3 heteroatoms. The highest BCUT2D eigenvalue weighted by atomic mass is 16.1. The summed E-state index contributed by atoms with van der Waals surface area (Å²) in [5, 5.41) is 0. The molecular weight excluding hydrogens is 104 g/mol. The molecule has 0 aliphatic rings. The molecule has 0 spiro atoms. The predicted molar refractivity (Wildman–Crippen MR) is 32.8 cm³/mol. The molecule has 0 radical (unpaired) electrons. The van der Waals surface area contributed by atoms with Gasteiger partial charge in [0.1, 0.15) is 6.29 Å². The van der Waals surface area contributed by atoms with Gasteiger partial charge in [-0.05, 0) is 12.3 Å². The third-order valence-corrected chi connectivity index (χ3v) is 0.483. The lowest BCUT2D eigenvalue weighted by atomic mass is 10.6. The Bertz CT molecular complexity index is 107. The first-order chi connectivity index (χ1) is 3.91. The summed E-state index contributed by atoms with van der Waals surface area (Å²) in [6, 6.07) is 0. The van der Waals surface area contributed by atoms with Gasteiger partial charge in [0.25, 0.3) is 0 Å². The first-order valence-electron chi connectivity index (χ1n) is 2.22. The molecule has 0 aliphatic carbocycles. The van der Waals surface area contributed by atoms with E-state index in [1.54, 1.807) is 6.08 Å². The van der Waals surface area contributed by atoms with Gasteiger partial charge in [-0.2, -0.15) is 0 Å². The van der Waals surface area contributed by atoms with Gasteiger partial charge in [0.15, 0.2) is 0 Å². The predicted octanol–water partition coefficient (Wildman–Crippen LogP) is -0.272. The number of hydrogen-bond acceptors (Lipinski definition) is 3. The lowest BCUT2D eigenvalue weighted by Crippen LogP contribution is -1.80. The van der Waals surface area contributed by atoms with Crippen LogP contribution in [-0.2, 0) is 4.79 Å². The number of nitrogens with two attached hydrogens (primary N) is 1. The molecule has 0 heterocycles. The molecule has 0 atom stereocenters. The minimum absolute atomic E-state index is 0.213. The van der Waals surface area contributed by atoms with Crippen LogP contribution in [0.3, 0.4) is 0 Å². The topological polar surface area (TPSA) is 55.4 Å². The van der Waals surface area contributed by atoms with E-state index in [9.17, 15) is 4.79 Å². The average molecular weight is 112 g/mol. The summed E-state index contributed by atoms with van der Waals surface area (Å²) in [5.41, 5.74) is 4.95. The van der Waals surface area contributed by atoms with Crippen LogP contribution in [0.5, 0.6) is 0 Å². The molecule has 0 bridgehead atoms. The van der Waals surface area contributed by atoms with Crippen LogP contribution in [0.1, 0.15) is 0 Å². The molecule has 0 unspecified atom stereocenters. The van der Waals surface area contributed by atoms with Crippen molar-refractivity contribution in [2.24, 2.45) is 10.7 Å². The van der Waals surface area contributed by atoms with Crippen molar-refractivity contribution in [3.05, 3.63) is 12.3 Å². The third kappa shape index (κ3) is 4.88. The second kappa shape index (κ2) is 5.88. The molecule has 2 N–H and O–H groups in total. The van der Waals surface area contributed by atoms with E-state index in [4.69, 9.17) is 5.73 Å². The number of aldehydes is 1. The number of aliphatic imine (C=N–C) groups is 1. The molecule has 0 aromatic carbocycles. The van der Waals surface area contributed by atoms with Gasteiger partial charge in [-0.1, -0.05) is 0 Å². The van der Waals surface area contributed by atoms with Gasteiger partial charge < -0.3 is 10.5 Å². The zero-order valence-corrected chi connectivity index (χ0v) is 4.45. The van der Waals surface area contributed by atoms with Gasteiger partial charge in [-0.15, -0.1) is 0 Å². The van der Waals surface area contributed by atoms with E-state index in [0.717, 1.165) is 6.29 Å². The number of carbonyl (C=O) groups excluding carboxylic acids is 1. The quantitative estimate of drug-likeness (QED) is 0.403. The Hall–Kier alpha value is -1.12. The van der Waals surface area contributed by atoms with Gasteiger partial charge in [-0.3, -0.25) is 4.99 Å². The molecule has 0 aliphatic heterocycles. The number of rotatable bonds is 3. The van der Waals surface area contributed by atoms with Crippen molar-refractivity contribution in [3.8, 4) is 0 Å². The number of carbonyl (C=O) groups is 1. The summed E-state index contributed by atoms with van der Waals surface area (Å²) in [7, 11) is 0.